The van der Waals surface area contributed by atoms with Crippen molar-refractivity contribution in [1.82, 2.24) is 19.5 Å². The van der Waals surface area contributed by atoms with E-state index >= 15 is 0 Å². The van der Waals surface area contributed by atoms with Crippen LogP contribution in [0.25, 0.3) is 93.0 Å². The highest BCUT2D eigenvalue weighted by atomic mass is 32.1. The van der Waals surface area contributed by atoms with Gasteiger partial charge in [0.1, 0.15) is 0 Å². The van der Waals surface area contributed by atoms with E-state index in [0.29, 0.717) is 28.6 Å². The van der Waals surface area contributed by atoms with Crippen LogP contribution in [0.4, 0.5) is 0 Å². The lowest BCUT2D eigenvalue weighted by Gasteiger charge is -2.16. The van der Waals surface area contributed by atoms with Gasteiger partial charge in [-0.1, -0.05) is 91.0 Å². The second-order valence-corrected chi connectivity index (χ2v) is 14.2. The van der Waals surface area contributed by atoms with Crippen molar-refractivity contribution in [3.63, 3.8) is 0 Å². The van der Waals surface area contributed by atoms with Gasteiger partial charge in [-0.05, 0) is 77.9 Å². The average molecular weight is 707 g/mol. The van der Waals surface area contributed by atoms with Crippen molar-refractivity contribution >= 4 is 53.3 Å². The molecule has 0 N–H and O–H groups in total. The average Bonchev–Trinajstić information content (AvgIpc) is 3.78. The van der Waals surface area contributed by atoms with Crippen LogP contribution in [0.2, 0.25) is 0 Å². The van der Waals surface area contributed by atoms with Crippen LogP contribution in [0.5, 0.6) is 0 Å². The van der Waals surface area contributed by atoms with E-state index in [2.05, 4.69) is 77.4 Å². The summed E-state index contributed by atoms with van der Waals surface area (Å²) in [6.07, 6.45) is 0. The van der Waals surface area contributed by atoms with E-state index in [9.17, 15) is 10.5 Å². The Kier molecular flexibility index (Phi) is 7.33. The van der Waals surface area contributed by atoms with Crippen LogP contribution in [0, 0.1) is 22.7 Å². The Balaban J connectivity index is 1.28. The molecule has 0 fully saturated rings. The molecule has 6 nitrogen and oxygen atoms in total. The van der Waals surface area contributed by atoms with E-state index in [-0.39, 0.29) is 0 Å². The van der Waals surface area contributed by atoms with Crippen LogP contribution >= 0.6 is 11.3 Å². The zero-order valence-electron chi connectivity index (χ0n) is 28.6. The van der Waals surface area contributed by atoms with Gasteiger partial charge < -0.3 is 4.57 Å². The summed E-state index contributed by atoms with van der Waals surface area (Å²) in [5.41, 5.74) is 8.45. The van der Waals surface area contributed by atoms with Gasteiger partial charge in [-0.3, -0.25) is 0 Å². The summed E-state index contributed by atoms with van der Waals surface area (Å²) in [4.78, 5) is 15.3. The fourth-order valence-corrected chi connectivity index (χ4v) is 8.43. The SMILES string of the molecule is N#Cc1ccc2c(c1)c1cc(C#N)ccc1n2-c1ccc(-c2ccc3sc4ccccc4c3c2)cc1-c1nc(-c2ccccc2)nc(-c2ccccc2)n1. The largest absolute Gasteiger partial charge is 0.308 e. The number of aromatic nitrogens is 4. The maximum absolute atomic E-state index is 9.84. The molecule has 0 aliphatic heterocycles. The highest BCUT2D eigenvalue weighted by Gasteiger charge is 2.21. The maximum atomic E-state index is 9.84. The molecule has 0 unspecified atom stereocenters. The van der Waals surface area contributed by atoms with Crippen molar-refractivity contribution < 1.29 is 0 Å². The number of fused-ring (bicyclic) bond motifs is 6. The minimum Gasteiger partial charge on any atom is -0.308 e. The number of benzene rings is 7. The molecular weight excluding hydrogens is 681 g/mol. The van der Waals surface area contributed by atoms with Crippen molar-refractivity contribution in [3.8, 4) is 63.1 Å². The van der Waals surface area contributed by atoms with Gasteiger partial charge in [0.05, 0.1) is 40.0 Å². The summed E-state index contributed by atoms with van der Waals surface area (Å²) in [6.45, 7) is 0. The summed E-state index contributed by atoms with van der Waals surface area (Å²) in [7, 11) is 0. The molecule has 0 bridgehead atoms. The summed E-state index contributed by atoms with van der Waals surface area (Å²) in [5.74, 6) is 1.67. The van der Waals surface area contributed by atoms with E-state index < -0.39 is 0 Å². The smallest absolute Gasteiger partial charge is 0.166 e. The fourth-order valence-electron chi connectivity index (χ4n) is 7.35. The van der Waals surface area contributed by atoms with Crippen LogP contribution in [0.3, 0.4) is 0 Å². The van der Waals surface area contributed by atoms with Crippen molar-refractivity contribution in [3.05, 3.63) is 169 Å². The Bertz CT molecular complexity index is 3060. The molecule has 7 heteroatoms. The standard InChI is InChI=1S/C47H26N6S/c48-27-29-15-19-40-36(23-29)37-24-30(28-49)16-20-41(37)53(40)42-21-17-33(34-18-22-44-38(25-34)35-13-7-8-14-43(35)54-44)26-39(42)47-51-45(31-9-3-1-4-10-31)50-46(52-47)32-11-5-2-6-12-32/h1-26H. The Morgan fingerprint density at radius 2 is 0.963 bits per heavy atom. The van der Waals surface area contributed by atoms with Crippen molar-refractivity contribution in [2.24, 2.45) is 0 Å². The van der Waals surface area contributed by atoms with Gasteiger partial charge in [-0.25, -0.2) is 15.0 Å². The lowest BCUT2D eigenvalue weighted by atomic mass is 9.99. The number of rotatable bonds is 5. The number of hydrogen-bond donors (Lipinski definition) is 0. The first-order valence-electron chi connectivity index (χ1n) is 17.5. The first-order valence-corrected chi connectivity index (χ1v) is 18.3. The van der Waals surface area contributed by atoms with Crippen LogP contribution in [0.1, 0.15) is 11.1 Å². The van der Waals surface area contributed by atoms with Gasteiger partial charge in [0.25, 0.3) is 0 Å². The zero-order chi connectivity index (χ0) is 36.2. The highest BCUT2D eigenvalue weighted by Crippen LogP contribution is 2.41. The van der Waals surface area contributed by atoms with Crippen molar-refractivity contribution in [2.45, 2.75) is 0 Å². The molecule has 10 rings (SSSR count). The van der Waals surface area contributed by atoms with Crippen LogP contribution in [-0.4, -0.2) is 19.5 Å². The fraction of sp³-hybridized carbons (Fsp3) is 0. The number of hydrogen-bond acceptors (Lipinski definition) is 6. The third-order valence-corrected chi connectivity index (χ3v) is 11.1. The predicted octanol–water partition coefficient (Wildman–Crippen LogP) is 11.7. The number of nitrogens with zero attached hydrogens (tertiary/aromatic N) is 6. The molecule has 3 heterocycles. The molecule has 0 aliphatic rings. The third kappa shape index (κ3) is 5.19. The predicted molar refractivity (Wildman–Crippen MR) is 218 cm³/mol. The van der Waals surface area contributed by atoms with E-state index in [4.69, 9.17) is 15.0 Å². The highest BCUT2D eigenvalue weighted by molar-refractivity contribution is 7.25. The first-order chi connectivity index (χ1) is 26.6. The topological polar surface area (TPSA) is 91.2 Å². The summed E-state index contributed by atoms with van der Waals surface area (Å²) < 4.78 is 4.70. The Morgan fingerprint density at radius 3 is 1.59 bits per heavy atom. The minimum absolute atomic E-state index is 0.527. The molecular formula is C47H26N6S. The Labute approximate surface area is 314 Å². The van der Waals surface area contributed by atoms with Gasteiger partial charge >= 0.3 is 0 Å². The molecule has 0 saturated carbocycles. The second kappa shape index (κ2) is 12.6. The lowest BCUT2D eigenvalue weighted by molar-refractivity contribution is 1.06. The minimum atomic E-state index is 0.527. The quantitative estimate of drug-likeness (QED) is 0.178. The zero-order valence-corrected chi connectivity index (χ0v) is 29.4. The third-order valence-electron chi connectivity index (χ3n) is 9.91. The first kappa shape index (κ1) is 31.3. The summed E-state index contributed by atoms with van der Waals surface area (Å²) in [6, 6.07) is 57.6. The number of nitriles is 2. The molecule has 0 radical (unpaired) electrons. The van der Waals surface area contributed by atoms with Gasteiger partial charge in [0.2, 0.25) is 0 Å². The van der Waals surface area contributed by atoms with Crippen LogP contribution in [0.15, 0.2) is 158 Å². The maximum Gasteiger partial charge on any atom is 0.166 e. The molecule has 0 amide bonds. The second-order valence-electron chi connectivity index (χ2n) is 13.1. The van der Waals surface area contributed by atoms with Gasteiger partial charge in [0, 0.05) is 47.6 Å². The molecule has 0 atom stereocenters. The molecule has 7 aromatic carbocycles. The molecule has 0 saturated heterocycles. The van der Waals surface area contributed by atoms with Crippen LogP contribution < -0.4 is 0 Å². The molecule has 10 aromatic rings. The van der Waals surface area contributed by atoms with Gasteiger partial charge in [-0.15, -0.1) is 11.3 Å². The van der Waals surface area contributed by atoms with Crippen molar-refractivity contribution in [2.75, 3.05) is 0 Å². The summed E-state index contributed by atoms with van der Waals surface area (Å²) >= 11 is 1.80. The van der Waals surface area contributed by atoms with Crippen molar-refractivity contribution in [1.29, 1.82) is 10.5 Å². The molecule has 54 heavy (non-hydrogen) atoms. The Morgan fingerprint density at radius 1 is 0.426 bits per heavy atom. The molecule has 0 aliphatic carbocycles. The monoisotopic (exact) mass is 706 g/mol. The lowest BCUT2D eigenvalue weighted by Crippen LogP contribution is -2.04. The molecule has 3 aromatic heterocycles. The Hall–Kier alpha value is -7.45. The van der Waals surface area contributed by atoms with Gasteiger partial charge in [-0.2, -0.15) is 10.5 Å². The molecule has 250 valence electrons. The van der Waals surface area contributed by atoms with E-state index in [1.165, 1.54) is 20.2 Å². The van der Waals surface area contributed by atoms with Gasteiger partial charge in [0.15, 0.2) is 17.5 Å². The van der Waals surface area contributed by atoms with E-state index in [1.807, 2.05) is 97.1 Å². The number of thiophene rings is 1. The van der Waals surface area contributed by atoms with E-state index in [0.717, 1.165) is 55.3 Å². The van der Waals surface area contributed by atoms with E-state index in [1.54, 1.807) is 11.3 Å². The summed E-state index contributed by atoms with van der Waals surface area (Å²) in [5, 5.41) is 23.9. The van der Waals surface area contributed by atoms with Crippen LogP contribution in [-0.2, 0) is 0 Å². The molecule has 0 spiro atoms. The normalized spacial score (nSPS) is 11.3.